The molecule has 1 aromatic heterocycles. The zero-order valence-electron chi connectivity index (χ0n) is 16.4. The lowest BCUT2D eigenvalue weighted by molar-refractivity contribution is -0.132. The number of hydrogen-bond donors (Lipinski definition) is 1. The van der Waals surface area contributed by atoms with E-state index in [9.17, 15) is 9.59 Å². The van der Waals surface area contributed by atoms with Crippen LogP contribution in [0.5, 0.6) is 5.75 Å². The minimum atomic E-state index is -0.403. The fourth-order valence-corrected chi connectivity index (χ4v) is 2.62. The highest BCUT2D eigenvalue weighted by Gasteiger charge is 2.13. The van der Waals surface area contributed by atoms with E-state index < -0.39 is 5.91 Å². The number of carbonyl (C=O) groups is 2. The summed E-state index contributed by atoms with van der Waals surface area (Å²) in [6.45, 7) is 4.96. The number of nitrogens with one attached hydrogen (secondary N) is 1. The summed E-state index contributed by atoms with van der Waals surface area (Å²) in [5, 5.41) is 10.9. The minimum absolute atomic E-state index is 0.0963. The first-order valence-electron chi connectivity index (χ1n) is 8.88. The van der Waals surface area contributed by atoms with Gasteiger partial charge in [-0.25, -0.2) is 0 Å². The van der Waals surface area contributed by atoms with Crippen LogP contribution in [0.3, 0.4) is 0 Å². The molecular weight excluding hydrogens is 382 g/mol. The summed E-state index contributed by atoms with van der Waals surface area (Å²) in [5.41, 5.74) is 0.669. The van der Waals surface area contributed by atoms with E-state index in [1.807, 2.05) is 27.9 Å². The topological polar surface area (TPSA) is 87.7 Å². The third kappa shape index (κ3) is 5.56. The second-order valence-corrected chi connectivity index (χ2v) is 6.53. The largest absolute Gasteiger partial charge is 0.482 e. The van der Waals surface area contributed by atoms with E-state index in [1.54, 1.807) is 40.1 Å². The Morgan fingerprint density at radius 1 is 1.11 bits per heavy atom. The molecule has 0 spiro atoms. The van der Waals surface area contributed by atoms with Crippen LogP contribution in [0, 0.1) is 0 Å². The van der Waals surface area contributed by atoms with Gasteiger partial charge in [-0.3, -0.25) is 9.59 Å². The SMILES string of the molecule is CCN(CC)C(=O)COc1ccc(NC(=O)c2ccc(N(C)C)nn2)cc1Cl. The van der Waals surface area contributed by atoms with Gasteiger partial charge in [-0.15, -0.1) is 10.2 Å². The molecule has 150 valence electrons. The van der Waals surface area contributed by atoms with Gasteiger partial charge in [-0.05, 0) is 44.2 Å². The predicted molar refractivity (Wildman–Crippen MR) is 109 cm³/mol. The zero-order valence-corrected chi connectivity index (χ0v) is 17.2. The Morgan fingerprint density at radius 3 is 2.36 bits per heavy atom. The van der Waals surface area contributed by atoms with Crippen molar-refractivity contribution in [2.45, 2.75) is 13.8 Å². The average molecular weight is 406 g/mol. The fourth-order valence-electron chi connectivity index (χ4n) is 2.38. The molecule has 0 fully saturated rings. The van der Waals surface area contributed by atoms with Gasteiger partial charge in [0.2, 0.25) is 0 Å². The normalized spacial score (nSPS) is 10.3. The number of rotatable bonds is 8. The number of aromatic nitrogens is 2. The maximum atomic E-state index is 12.3. The number of nitrogens with zero attached hydrogens (tertiary/aromatic N) is 4. The Labute approximate surface area is 169 Å². The van der Waals surface area contributed by atoms with Crippen LogP contribution in [0.2, 0.25) is 5.02 Å². The van der Waals surface area contributed by atoms with Gasteiger partial charge in [0.1, 0.15) is 5.75 Å². The van der Waals surface area contributed by atoms with Crippen LogP contribution in [-0.2, 0) is 4.79 Å². The molecule has 1 N–H and O–H groups in total. The van der Waals surface area contributed by atoms with Crippen molar-refractivity contribution in [3.63, 3.8) is 0 Å². The highest BCUT2D eigenvalue weighted by Crippen LogP contribution is 2.28. The number of ether oxygens (including phenoxy) is 1. The van der Waals surface area contributed by atoms with Gasteiger partial charge in [0.25, 0.3) is 11.8 Å². The molecule has 0 bridgehead atoms. The summed E-state index contributed by atoms with van der Waals surface area (Å²) >= 11 is 6.21. The molecule has 28 heavy (non-hydrogen) atoms. The van der Waals surface area contributed by atoms with E-state index in [-0.39, 0.29) is 18.2 Å². The van der Waals surface area contributed by atoms with Crippen LogP contribution < -0.4 is 15.0 Å². The van der Waals surface area contributed by atoms with Crippen LogP contribution >= 0.6 is 11.6 Å². The first-order chi connectivity index (χ1) is 13.3. The van der Waals surface area contributed by atoms with Crippen LogP contribution in [0.15, 0.2) is 30.3 Å². The minimum Gasteiger partial charge on any atom is -0.482 e. The third-order valence-corrected chi connectivity index (χ3v) is 4.29. The summed E-state index contributed by atoms with van der Waals surface area (Å²) in [7, 11) is 3.68. The Hall–Kier alpha value is -2.87. The highest BCUT2D eigenvalue weighted by atomic mass is 35.5. The van der Waals surface area contributed by atoms with E-state index in [2.05, 4.69) is 15.5 Å². The van der Waals surface area contributed by atoms with E-state index in [0.29, 0.717) is 35.4 Å². The molecule has 0 radical (unpaired) electrons. The molecule has 0 aliphatic carbocycles. The molecule has 8 nitrogen and oxygen atoms in total. The van der Waals surface area contributed by atoms with Gasteiger partial charge in [-0.2, -0.15) is 0 Å². The van der Waals surface area contributed by atoms with Gasteiger partial charge < -0.3 is 19.9 Å². The van der Waals surface area contributed by atoms with E-state index >= 15 is 0 Å². The van der Waals surface area contributed by atoms with Gasteiger partial charge >= 0.3 is 0 Å². The van der Waals surface area contributed by atoms with Crippen molar-refractivity contribution >= 4 is 34.9 Å². The fraction of sp³-hybridized carbons (Fsp3) is 0.368. The van der Waals surface area contributed by atoms with Crippen molar-refractivity contribution in [2.75, 3.05) is 44.0 Å². The van der Waals surface area contributed by atoms with Crippen LogP contribution in [0.25, 0.3) is 0 Å². The summed E-state index contributed by atoms with van der Waals surface area (Å²) in [5.74, 6) is 0.507. The molecule has 0 atom stereocenters. The molecular formula is C19H24ClN5O3. The number of likely N-dealkylation sites (N-methyl/N-ethyl adjacent to an activating group) is 1. The number of anilines is 2. The molecule has 0 saturated carbocycles. The maximum Gasteiger partial charge on any atom is 0.276 e. The van der Waals surface area contributed by atoms with E-state index in [0.717, 1.165) is 0 Å². The molecule has 0 saturated heterocycles. The van der Waals surface area contributed by atoms with Gasteiger partial charge in [0, 0.05) is 32.9 Å². The number of amides is 2. The molecule has 0 unspecified atom stereocenters. The predicted octanol–water partition coefficient (Wildman–Crippen LogP) is 2.70. The average Bonchev–Trinajstić information content (AvgIpc) is 2.68. The number of halogens is 1. The quantitative estimate of drug-likeness (QED) is 0.726. The van der Waals surface area contributed by atoms with Gasteiger partial charge in [-0.1, -0.05) is 11.6 Å². The van der Waals surface area contributed by atoms with Gasteiger partial charge in [0.15, 0.2) is 18.1 Å². The zero-order chi connectivity index (χ0) is 20.7. The lowest BCUT2D eigenvalue weighted by Gasteiger charge is -2.19. The van der Waals surface area contributed by atoms with Crippen molar-refractivity contribution in [2.24, 2.45) is 0 Å². The smallest absolute Gasteiger partial charge is 0.276 e. The van der Waals surface area contributed by atoms with E-state index in [4.69, 9.17) is 16.3 Å². The van der Waals surface area contributed by atoms with Crippen LogP contribution in [0.4, 0.5) is 11.5 Å². The van der Waals surface area contributed by atoms with Crippen molar-refractivity contribution < 1.29 is 14.3 Å². The Morgan fingerprint density at radius 2 is 1.82 bits per heavy atom. The lowest BCUT2D eigenvalue weighted by atomic mass is 10.2. The molecule has 0 aliphatic heterocycles. The van der Waals surface area contributed by atoms with Crippen molar-refractivity contribution in [3.8, 4) is 5.75 Å². The molecule has 2 aromatic rings. The first-order valence-corrected chi connectivity index (χ1v) is 9.26. The molecule has 2 rings (SSSR count). The second-order valence-electron chi connectivity index (χ2n) is 6.13. The van der Waals surface area contributed by atoms with Crippen molar-refractivity contribution in [3.05, 3.63) is 41.0 Å². The third-order valence-electron chi connectivity index (χ3n) is 4.00. The summed E-state index contributed by atoms with van der Waals surface area (Å²) < 4.78 is 5.50. The van der Waals surface area contributed by atoms with Gasteiger partial charge in [0.05, 0.1) is 5.02 Å². The van der Waals surface area contributed by atoms with Crippen molar-refractivity contribution in [1.29, 1.82) is 0 Å². The standard InChI is InChI=1S/C19H24ClN5O3/c1-5-25(6-2)18(26)12-28-16-9-7-13(11-14(16)20)21-19(27)15-8-10-17(23-22-15)24(3)4/h7-11H,5-6,12H2,1-4H3,(H,21,27). The summed E-state index contributed by atoms with van der Waals surface area (Å²) in [6, 6.07) is 8.10. The van der Waals surface area contributed by atoms with Crippen LogP contribution in [0.1, 0.15) is 24.3 Å². The molecule has 0 aliphatic rings. The lowest BCUT2D eigenvalue weighted by Crippen LogP contribution is -2.34. The summed E-state index contributed by atoms with van der Waals surface area (Å²) in [6.07, 6.45) is 0. The number of carbonyl (C=O) groups excluding carboxylic acids is 2. The Balaban J connectivity index is 1.99. The molecule has 1 aromatic carbocycles. The highest BCUT2D eigenvalue weighted by molar-refractivity contribution is 6.32. The second kappa shape index (κ2) is 9.89. The number of benzene rings is 1. The van der Waals surface area contributed by atoms with E-state index in [1.165, 1.54) is 0 Å². The first kappa shape index (κ1) is 21.4. The Bertz CT molecular complexity index is 823. The molecule has 2 amide bonds. The van der Waals surface area contributed by atoms with Crippen molar-refractivity contribution in [1.82, 2.24) is 15.1 Å². The molecule has 1 heterocycles. The Kier molecular flexibility index (Phi) is 7.57. The number of hydrogen-bond acceptors (Lipinski definition) is 6. The van der Waals surface area contributed by atoms with Crippen LogP contribution in [-0.4, -0.2) is 60.7 Å². The molecule has 9 heteroatoms. The monoisotopic (exact) mass is 405 g/mol. The maximum absolute atomic E-state index is 12.3. The summed E-state index contributed by atoms with van der Waals surface area (Å²) in [4.78, 5) is 27.8.